The molecule has 0 amide bonds. The van der Waals surface area contributed by atoms with Crippen molar-refractivity contribution < 1.29 is 13.5 Å². The Bertz CT molecular complexity index is 530. The van der Waals surface area contributed by atoms with Gasteiger partial charge in [-0.1, -0.05) is 11.6 Å². The summed E-state index contributed by atoms with van der Waals surface area (Å²) in [5.74, 6) is 0. The Morgan fingerprint density at radius 3 is 2.24 bits per heavy atom. The van der Waals surface area contributed by atoms with Gasteiger partial charge in [-0.05, 0) is 37.8 Å². The molecule has 0 bridgehead atoms. The number of sulfone groups is 1. The van der Waals surface area contributed by atoms with Gasteiger partial charge >= 0.3 is 0 Å². The van der Waals surface area contributed by atoms with Crippen LogP contribution in [0.4, 0.5) is 0 Å². The Hall–Kier alpha value is -0.230. The third kappa shape index (κ3) is 3.37. The zero-order chi connectivity index (χ0) is 13.4. The van der Waals surface area contributed by atoms with E-state index in [0.717, 1.165) is 6.26 Å². The topological polar surface area (TPSA) is 54.4 Å². The lowest BCUT2D eigenvalue weighted by Gasteiger charge is -2.20. The van der Waals surface area contributed by atoms with E-state index in [4.69, 9.17) is 11.6 Å². The number of thioether (sulfide) groups is 1. The Labute approximate surface area is 111 Å². The number of hydrogen-bond donors (Lipinski definition) is 1. The van der Waals surface area contributed by atoms with Gasteiger partial charge in [0.05, 0.1) is 15.5 Å². The van der Waals surface area contributed by atoms with Gasteiger partial charge in [0.2, 0.25) is 0 Å². The molecule has 0 saturated carbocycles. The molecule has 0 fully saturated rings. The molecule has 0 spiro atoms. The molecule has 0 radical (unpaired) electrons. The molecule has 6 heteroatoms. The minimum Gasteiger partial charge on any atom is -0.386 e. The maximum Gasteiger partial charge on any atom is 0.176 e. The summed E-state index contributed by atoms with van der Waals surface area (Å²) in [5.41, 5.74) is -0.638. The molecule has 0 saturated heterocycles. The minimum atomic E-state index is -3.37. The fourth-order valence-electron chi connectivity index (χ4n) is 1.39. The van der Waals surface area contributed by atoms with Gasteiger partial charge in [-0.2, -0.15) is 0 Å². The minimum absolute atomic E-state index is 0.162. The highest BCUT2D eigenvalue weighted by Crippen LogP contribution is 2.36. The van der Waals surface area contributed by atoms with E-state index in [2.05, 4.69) is 0 Å². The Kier molecular flexibility index (Phi) is 4.19. The van der Waals surface area contributed by atoms with Gasteiger partial charge in [0.15, 0.2) is 9.84 Å². The van der Waals surface area contributed by atoms with Crippen LogP contribution in [0.3, 0.4) is 0 Å². The van der Waals surface area contributed by atoms with Gasteiger partial charge in [-0.25, -0.2) is 8.42 Å². The van der Waals surface area contributed by atoms with Gasteiger partial charge in [0.25, 0.3) is 0 Å². The van der Waals surface area contributed by atoms with Crippen molar-refractivity contribution in [1.82, 2.24) is 0 Å². The smallest absolute Gasteiger partial charge is 0.176 e. The average molecular weight is 295 g/mol. The van der Waals surface area contributed by atoms with Crippen LogP contribution in [0.5, 0.6) is 0 Å². The molecular formula is C11H15ClO3S2. The van der Waals surface area contributed by atoms with E-state index in [9.17, 15) is 13.5 Å². The van der Waals surface area contributed by atoms with E-state index in [1.54, 1.807) is 26.2 Å². The van der Waals surface area contributed by atoms with Crippen LogP contribution in [-0.4, -0.2) is 26.0 Å². The summed E-state index contributed by atoms with van der Waals surface area (Å²) in [6, 6.07) is 3.08. The molecule has 17 heavy (non-hydrogen) atoms. The van der Waals surface area contributed by atoms with Crippen LogP contribution >= 0.6 is 23.4 Å². The fraction of sp³-hybridized carbons (Fsp3) is 0.455. The second-order valence-electron chi connectivity index (χ2n) is 4.32. The predicted molar refractivity (Wildman–Crippen MR) is 71.6 cm³/mol. The van der Waals surface area contributed by atoms with Crippen molar-refractivity contribution in [3.05, 3.63) is 22.7 Å². The second-order valence-corrected chi connectivity index (χ2v) is 7.53. The maximum atomic E-state index is 11.7. The van der Waals surface area contributed by atoms with Crippen molar-refractivity contribution in [2.24, 2.45) is 0 Å². The van der Waals surface area contributed by atoms with Crippen LogP contribution in [0.25, 0.3) is 0 Å². The number of benzene rings is 1. The van der Waals surface area contributed by atoms with Crippen molar-refractivity contribution in [3.63, 3.8) is 0 Å². The van der Waals surface area contributed by atoms with Crippen molar-refractivity contribution in [3.8, 4) is 0 Å². The van der Waals surface area contributed by atoms with Crippen molar-refractivity contribution in [2.75, 3.05) is 12.5 Å². The lowest BCUT2D eigenvalue weighted by molar-refractivity contribution is 0.0783. The first kappa shape index (κ1) is 14.8. The van der Waals surface area contributed by atoms with E-state index in [1.165, 1.54) is 17.8 Å². The summed E-state index contributed by atoms with van der Waals surface area (Å²) in [6.45, 7) is 3.17. The zero-order valence-corrected chi connectivity index (χ0v) is 12.5. The first-order valence-electron chi connectivity index (χ1n) is 4.88. The summed E-state index contributed by atoms with van der Waals surface area (Å²) < 4.78 is 23.4. The monoisotopic (exact) mass is 294 g/mol. The standard InChI is InChI=1S/C11H15ClO3S2/c1-11(2,13)7-5-8(12)10(16-3)9(6-7)17(4,14)15/h5-6,13H,1-4H3. The highest BCUT2D eigenvalue weighted by molar-refractivity contribution is 7.99. The molecule has 0 heterocycles. The molecule has 3 nitrogen and oxygen atoms in total. The summed E-state index contributed by atoms with van der Waals surface area (Å²) in [6.07, 6.45) is 2.90. The van der Waals surface area contributed by atoms with E-state index in [1.807, 2.05) is 0 Å². The normalized spacial score (nSPS) is 12.8. The van der Waals surface area contributed by atoms with Crippen LogP contribution in [-0.2, 0) is 15.4 Å². The molecule has 0 unspecified atom stereocenters. The Morgan fingerprint density at radius 2 is 1.88 bits per heavy atom. The first-order valence-corrected chi connectivity index (χ1v) is 8.37. The van der Waals surface area contributed by atoms with E-state index in [0.29, 0.717) is 15.5 Å². The van der Waals surface area contributed by atoms with Crippen LogP contribution in [0.1, 0.15) is 19.4 Å². The summed E-state index contributed by atoms with van der Waals surface area (Å²) in [5, 5.41) is 10.3. The van der Waals surface area contributed by atoms with Gasteiger partial charge in [-0.15, -0.1) is 11.8 Å². The molecule has 96 valence electrons. The van der Waals surface area contributed by atoms with E-state index < -0.39 is 15.4 Å². The molecule has 0 aliphatic carbocycles. The molecule has 1 aromatic rings. The van der Waals surface area contributed by atoms with Crippen molar-refractivity contribution >= 4 is 33.2 Å². The molecule has 0 aliphatic heterocycles. The lowest BCUT2D eigenvalue weighted by atomic mass is 9.99. The SMILES string of the molecule is CSc1c(Cl)cc(C(C)(C)O)cc1S(C)(=O)=O. The number of hydrogen-bond acceptors (Lipinski definition) is 4. The molecule has 1 N–H and O–H groups in total. The summed E-state index contributed by atoms with van der Waals surface area (Å²) in [7, 11) is -3.37. The van der Waals surface area contributed by atoms with Gasteiger partial charge < -0.3 is 5.11 Å². The predicted octanol–water partition coefficient (Wildman–Crippen LogP) is 2.69. The first-order chi connectivity index (χ1) is 7.57. The zero-order valence-electron chi connectivity index (χ0n) is 10.1. The maximum absolute atomic E-state index is 11.7. The third-order valence-corrected chi connectivity index (χ3v) is 4.83. The van der Waals surface area contributed by atoms with Crippen LogP contribution in [0.15, 0.2) is 21.9 Å². The number of aliphatic hydroxyl groups is 1. The molecular weight excluding hydrogens is 280 g/mol. The molecule has 1 rings (SSSR count). The van der Waals surface area contributed by atoms with Gasteiger partial charge in [-0.3, -0.25) is 0 Å². The summed E-state index contributed by atoms with van der Waals surface area (Å²) >= 11 is 7.33. The van der Waals surface area contributed by atoms with Crippen molar-refractivity contribution in [1.29, 1.82) is 0 Å². The molecule has 0 aromatic heterocycles. The largest absolute Gasteiger partial charge is 0.386 e. The summed E-state index contributed by atoms with van der Waals surface area (Å²) in [4.78, 5) is 0.678. The average Bonchev–Trinajstić information content (AvgIpc) is 2.13. The Balaban J connectivity index is 3.63. The quantitative estimate of drug-likeness (QED) is 0.871. The Morgan fingerprint density at radius 1 is 1.35 bits per heavy atom. The molecule has 0 atom stereocenters. The second kappa shape index (κ2) is 4.80. The van der Waals surface area contributed by atoms with Crippen molar-refractivity contribution in [2.45, 2.75) is 29.2 Å². The highest BCUT2D eigenvalue weighted by Gasteiger charge is 2.23. The van der Waals surface area contributed by atoms with Crippen LogP contribution < -0.4 is 0 Å². The molecule has 0 aliphatic rings. The molecule has 1 aromatic carbocycles. The van der Waals surface area contributed by atoms with Crippen LogP contribution in [0, 0.1) is 0 Å². The third-order valence-electron chi connectivity index (χ3n) is 2.32. The van der Waals surface area contributed by atoms with Crippen LogP contribution in [0.2, 0.25) is 5.02 Å². The fourth-order valence-corrected chi connectivity index (χ4v) is 3.91. The van der Waals surface area contributed by atoms with Gasteiger partial charge in [0, 0.05) is 11.2 Å². The highest BCUT2D eigenvalue weighted by atomic mass is 35.5. The number of halogens is 1. The van der Waals surface area contributed by atoms with E-state index >= 15 is 0 Å². The lowest BCUT2D eigenvalue weighted by Crippen LogP contribution is -2.16. The van der Waals surface area contributed by atoms with Gasteiger partial charge in [0.1, 0.15) is 0 Å². The number of rotatable bonds is 3. The van der Waals surface area contributed by atoms with E-state index in [-0.39, 0.29) is 4.90 Å².